The maximum atomic E-state index is 13.4. The fourth-order valence-corrected chi connectivity index (χ4v) is 1.74. The molecule has 1 atom stereocenters. The lowest BCUT2D eigenvalue weighted by Crippen LogP contribution is -2.61. The number of carbonyl (C=O) groups excluding carboxylic acids is 1. The Bertz CT molecular complexity index is 563. The summed E-state index contributed by atoms with van der Waals surface area (Å²) >= 11 is 0. The second-order valence-electron chi connectivity index (χ2n) is 4.48. The third-order valence-corrected chi connectivity index (χ3v) is 2.87. The molecule has 0 aliphatic carbocycles. The molecule has 1 aromatic carbocycles. The molecular formula is C14H15F3N2O4. The zero-order chi connectivity index (χ0) is 17.5. The van der Waals surface area contributed by atoms with Crippen LogP contribution in [-0.4, -0.2) is 28.9 Å². The molecule has 1 rings (SSSR count). The first-order valence-electron chi connectivity index (χ1n) is 6.38. The molecule has 0 fully saturated rings. The van der Waals surface area contributed by atoms with E-state index in [2.05, 4.69) is 6.58 Å². The molecule has 126 valence electrons. The van der Waals surface area contributed by atoms with Gasteiger partial charge in [0.05, 0.1) is 6.61 Å². The van der Waals surface area contributed by atoms with E-state index in [4.69, 9.17) is 9.84 Å². The van der Waals surface area contributed by atoms with Gasteiger partial charge < -0.3 is 9.84 Å². The van der Waals surface area contributed by atoms with Crippen molar-refractivity contribution in [3.05, 3.63) is 48.6 Å². The SMILES string of the molecule is C=CC[C@@](OCc1ccccc1)(C(=O)NNC(=O)O)C(F)(F)F. The van der Waals surface area contributed by atoms with Crippen LogP contribution in [0.25, 0.3) is 0 Å². The lowest BCUT2D eigenvalue weighted by Gasteiger charge is -2.33. The van der Waals surface area contributed by atoms with Crippen molar-refractivity contribution in [2.45, 2.75) is 24.8 Å². The zero-order valence-corrected chi connectivity index (χ0v) is 11.9. The summed E-state index contributed by atoms with van der Waals surface area (Å²) in [6.45, 7) is 2.70. The van der Waals surface area contributed by atoms with Crippen molar-refractivity contribution in [2.24, 2.45) is 0 Å². The molecule has 3 N–H and O–H groups in total. The van der Waals surface area contributed by atoms with Crippen LogP contribution in [0.5, 0.6) is 0 Å². The number of nitrogens with one attached hydrogen (secondary N) is 2. The van der Waals surface area contributed by atoms with E-state index in [1.807, 2.05) is 0 Å². The summed E-state index contributed by atoms with van der Waals surface area (Å²) in [4.78, 5) is 22.2. The Hall–Kier alpha value is -2.55. The van der Waals surface area contributed by atoms with Gasteiger partial charge in [-0.05, 0) is 5.56 Å². The molecule has 9 heteroatoms. The highest BCUT2D eigenvalue weighted by atomic mass is 19.4. The molecule has 0 aliphatic rings. The van der Waals surface area contributed by atoms with Gasteiger partial charge in [-0.15, -0.1) is 6.58 Å². The van der Waals surface area contributed by atoms with E-state index in [0.29, 0.717) is 5.56 Å². The van der Waals surface area contributed by atoms with Crippen LogP contribution < -0.4 is 10.9 Å². The molecule has 1 aromatic rings. The highest BCUT2D eigenvalue weighted by Crippen LogP contribution is 2.38. The second kappa shape index (κ2) is 7.63. The van der Waals surface area contributed by atoms with Gasteiger partial charge >= 0.3 is 12.3 Å². The van der Waals surface area contributed by atoms with E-state index in [0.717, 1.165) is 6.08 Å². The number of ether oxygens (including phenoxy) is 1. The standard InChI is InChI=1S/C14H15F3N2O4/c1-2-8-13(14(15,16)17,11(20)18-19-12(21)22)23-9-10-6-4-3-5-7-10/h2-7,19H,1,8-9H2,(H,18,20)(H,21,22)/t13-/m1/s1. The summed E-state index contributed by atoms with van der Waals surface area (Å²) in [5.74, 6) is -1.68. The zero-order valence-electron chi connectivity index (χ0n) is 11.9. The molecule has 0 unspecified atom stereocenters. The van der Waals surface area contributed by atoms with Gasteiger partial charge in [-0.1, -0.05) is 36.4 Å². The number of alkyl halides is 3. The van der Waals surface area contributed by atoms with Gasteiger partial charge in [0, 0.05) is 6.42 Å². The van der Waals surface area contributed by atoms with Crippen molar-refractivity contribution < 1.29 is 32.6 Å². The highest BCUT2D eigenvalue weighted by Gasteiger charge is 2.61. The van der Waals surface area contributed by atoms with Gasteiger partial charge in [0.2, 0.25) is 5.60 Å². The molecule has 0 radical (unpaired) electrons. The van der Waals surface area contributed by atoms with Gasteiger partial charge in [-0.2, -0.15) is 13.2 Å². The summed E-state index contributed by atoms with van der Waals surface area (Å²) in [7, 11) is 0. The van der Waals surface area contributed by atoms with E-state index < -0.39 is 36.8 Å². The Morgan fingerprint density at radius 2 is 1.83 bits per heavy atom. The molecule has 0 spiro atoms. The van der Waals surface area contributed by atoms with Crippen molar-refractivity contribution >= 4 is 12.0 Å². The summed E-state index contributed by atoms with van der Waals surface area (Å²) < 4.78 is 45.2. The number of rotatable bonds is 6. The predicted molar refractivity (Wildman–Crippen MR) is 74.1 cm³/mol. The minimum atomic E-state index is -5.08. The van der Waals surface area contributed by atoms with Crippen molar-refractivity contribution in [3.63, 3.8) is 0 Å². The number of amides is 2. The minimum Gasteiger partial charge on any atom is -0.464 e. The highest BCUT2D eigenvalue weighted by molar-refractivity contribution is 5.87. The van der Waals surface area contributed by atoms with Crippen LogP contribution in [0, 0.1) is 0 Å². The molecule has 0 saturated heterocycles. The van der Waals surface area contributed by atoms with Crippen LogP contribution >= 0.6 is 0 Å². The summed E-state index contributed by atoms with van der Waals surface area (Å²) in [6, 6.07) is 7.94. The van der Waals surface area contributed by atoms with E-state index in [9.17, 15) is 22.8 Å². The van der Waals surface area contributed by atoms with Gasteiger partial charge in [-0.25, -0.2) is 10.2 Å². The van der Waals surface area contributed by atoms with Crippen LogP contribution in [0.3, 0.4) is 0 Å². The Kier molecular flexibility index (Phi) is 6.14. The molecule has 23 heavy (non-hydrogen) atoms. The maximum absolute atomic E-state index is 13.4. The lowest BCUT2D eigenvalue weighted by molar-refractivity contribution is -0.270. The second-order valence-corrected chi connectivity index (χ2v) is 4.48. The topological polar surface area (TPSA) is 87.7 Å². The van der Waals surface area contributed by atoms with Crippen molar-refractivity contribution in [2.75, 3.05) is 0 Å². The fraction of sp³-hybridized carbons (Fsp3) is 0.286. The van der Waals surface area contributed by atoms with Gasteiger partial charge in [-0.3, -0.25) is 10.2 Å². The van der Waals surface area contributed by atoms with Crippen LogP contribution in [0.1, 0.15) is 12.0 Å². The third kappa shape index (κ3) is 4.71. The largest absolute Gasteiger partial charge is 0.464 e. The van der Waals surface area contributed by atoms with E-state index in [1.165, 1.54) is 23.0 Å². The number of hydrazine groups is 1. The quantitative estimate of drug-likeness (QED) is 0.551. The normalized spacial score (nSPS) is 13.7. The van der Waals surface area contributed by atoms with Crippen LogP contribution in [-0.2, 0) is 16.1 Å². The number of carboxylic acid groups (broad SMARTS) is 1. The molecule has 0 bridgehead atoms. The summed E-state index contributed by atoms with van der Waals surface area (Å²) in [6.07, 6.45) is -6.80. The molecular weight excluding hydrogens is 317 g/mol. The number of benzene rings is 1. The van der Waals surface area contributed by atoms with E-state index >= 15 is 0 Å². The number of hydrogen-bond donors (Lipinski definition) is 3. The van der Waals surface area contributed by atoms with Crippen molar-refractivity contribution in [1.82, 2.24) is 10.9 Å². The molecule has 0 aliphatic heterocycles. The minimum absolute atomic E-state index is 0.421. The summed E-state index contributed by atoms with van der Waals surface area (Å²) in [5, 5.41) is 8.40. The molecule has 0 saturated carbocycles. The average molecular weight is 332 g/mol. The number of halogens is 3. The molecule has 2 amide bonds. The number of carbonyl (C=O) groups is 2. The first kappa shape index (κ1) is 18.5. The smallest absolute Gasteiger partial charge is 0.427 e. The average Bonchev–Trinajstić information content (AvgIpc) is 2.48. The molecule has 6 nitrogen and oxygen atoms in total. The summed E-state index contributed by atoms with van der Waals surface area (Å²) in [5.41, 5.74) is 0.0151. The lowest BCUT2D eigenvalue weighted by atomic mass is 9.97. The van der Waals surface area contributed by atoms with Gasteiger partial charge in [0.25, 0.3) is 5.91 Å². The maximum Gasteiger partial charge on any atom is 0.427 e. The van der Waals surface area contributed by atoms with E-state index in [-0.39, 0.29) is 0 Å². The van der Waals surface area contributed by atoms with Crippen molar-refractivity contribution in [1.29, 1.82) is 0 Å². The Morgan fingerprint density at radius 1 is 1.22 bits per heavy atom. The number of hydrogen-bond acceptors (Lipinski definition) is 3. The molecule has 0 heterocycles. The third-order valence-electron chi connectivity index (χ3n) is 2.87. The predicted octanol–water partition coefficient (Wildman–Crippen LogP) is 2.38. The van der Waals surface area contributed by atoms with Crippen LogP contribution in [0.15, 0.2) is 43.0 Å². The first-order chi connectivity index (χ1) is 10.7. The van der Waals surface area contributed by atoms with Gasteiger partial charge in [0.15, 0.2) is 0 Å². The van der Waals surface area contributed by atoms with Crippen molar-refractivity contribution in [3.8, 4) is 0 Å². The Morgan fingerprint density at radius 3 is 2.30 bits per heavy atom. The molecule has 0 aromatic heterocycles. The Balaban J connectivity index is 3.04. The van der Waals surface area contributed by atoms with Crippen LogP contribution in [0.2, 0.25) is 0 Å². The monoisotopic (exact) mass is 332 g/mol. The first-order valence-corrected chi connectivity index (χ1v) is 6.38. The fourth-order valence-electron chi connectivity index (χ4n) is 1.74. The van der Waals surface area contributed by atoms with Gasteiger partial charge in [0.1, 0.15) is 0 Å². The Labute approximate surface area is 129 Å². The van der Waals surface area contributed by atoms with Crippen LogP contribution in [0.4, 0.5) is 18.0 Å². The van der Waals surface area contributed by atoms with E-state index in [1.54, 1.807) is 18.2 Å².